The second kappa shape index (κ2) is 8.86. The van der Waals surface area contributed by atoms with Gasteiger partial charge in [-0.1, -0.05) is 37.8 Å². The van der Waals surface area contributed by atoms with Crippen molar-refractivity contribution in [3.8, 4) is 11.8 Å². The molecule has 5 rings (SSSR count). The smallest absolute Gasteiger partial charge is 0.161 e. The Morgan fingerprint density at radius 1 is 0.943 bits per heavy atom. The number of benzene rings is 1. The van der Waals surface area contributed by atoms with E-state index >= 15 is 0 Å². The lowest BCUT2D eigenvalue weighted by Crippen LogP contribution is -2.56. The van der Waals surface area contributed by atoms with Gasteiger partial charge in [-0.05, 0) is 111 Å². The summed E-state index contributed by atoms with van der Waals surface area (Å²) in [6.45, 7) is 6.03. The SMILES string of the molecule is CC(=O)c1ccc(C#C[C@@]2(O)CC[C@@]3(C)[C@@H](CC[C@@H]4[C@@H]3CC[C@]3(C)[C@@H](C(=O)CO)CC[C@@H]43)C2)cc1. The first kappa shape index (κ1) is 24.7. The zero-order valence-electron chi connectivity index (χ0n) is 21.5. The van der Waals surface area contributed by atoms with Crippen LogP contribution in [0.15, 0.2) is 24.3 Å². The summed E-state index contributed by atoms with van der Waals surface area (Å²) in [5.41, 5.74) is 0.826. The summed E-state index contributed by atoms with van der Waals surface area (Å²) in [4.78, 5) is 24.0. The van der Waals surface area contributed by atoms with Gasteiger partial charge in [-0.3, -0.25) is 9.59 Å². The van der Waals surface area contributed by atoms with Gasteiger partial charge in [0.05, 0.1) is 0 Å². The van der Waals surface area contributed by atoms with Gasteiger partial charge in [0, 0.05) is 17.0 Å². The van der Waals surface area contributed by atoms with Crippen molar-refractivity contribution >= 4 is 11.6 Å². The molecule has 4 fully saturated rings. The lowest BCUT2D eigenvalue weighted by molar-refractivity contribution is -0.146. The summed E-state index contributed by atoms with van der Waals surface area (Å²) < 4.78 is 0. The highest BCUT2D eigenvalue weighted by atomic mass is 16.3. The van der Waals surface area contributed by atoms with Crippen molar-refractivity contribution in [1.82, 2.24) is 0 Å². The molecule has 0 unspecified atom stereocenters. The summed E-state index contributed by atoms with van der Waals surface area (Å²) in [6, 6.07) is 7.32. The Labute approximate surface area is 209 Å². The summed E-state index contributed by atoms with van der Waals surface area (Å²) in [6.07, 6.45) is 9.04. The molecule has 188 valence electrons. The van der Waals surface area contributed by atoms with Crippen molar-refractivity contribution in [3.63, 3.8) is 0 Å². The minimum absolute atomic E-state index is 0.0280. The number of hydrogen-bond donors (Lipinski definition) is 2. The van der Waals surface area contributed by atoms with Crippen molar-refractivity contribution in [1.29, 1.82) is 0 Å². The van der Waals surface area contributed by atoms with Crippen LogP contribution in [-0.4, -0.2) is 34.0 Å². The number of ketones is 2. The number of carbonyl (C=O) groups excluding carboxylic acids is 2. The number of rotatable bonds is 3. The topological polar surface area (TPSA) is 74.6 Å². The number of carbonyl (C=O) groups is 2. The highest BCUT2D eigenvalue weighted by molar-refractivity contribution is 5.94. The van der Waals surface area contributed by atoms with Crippen molar-refractivity contribution in [2.45, 2.75) is 84.2 Å². The van der Waals surface area contributed by atoms with E-state index < -0.39 is 5.60 Å². The summed E-state index contributed by atoms with van der Waals surface area (Å²) in [5.74, 6) is 8.87. The van der Waals surface area contributed by atoms with Crippen molar-refractivity contribution < 1.29 is 19.8 Å². The third-order valence-electron chi connectivity index (χ3n) is 11.0. The van der Waals surface area contributed by atoms with Gasteiger partial charge in [0.15, 0.2) is 11.6 Å². The van der Waals surface area contributed by atoms with E-state index in [0.29, 0.717) is 35.7 Å². The molecule has 0 spiro atoms. The maximum atomic E-state index is 12.5. The Hall–Kier alpha value is -1.96. The van der Waals surface area contributed by atoms with E-state index in [-0.39, 0.29) is 34.9 Å². The Bertz CT molecular complexity index is 1060. The van der Waals surface area contributed by atoms with Crippen LogP contribution in [0.5, 0.6) is 0 Å². The van der Waals surface area contributed by atoms with Gasteiger partial charge >= 0.3 is 0 Å². The summed E-state index contributed by atoms with van der Waals surface area (Å²) in [5, 5.41) is 21.0. The van der Waals surface area contributed by atoms with E-state index in [1.165, 1.54) is 6.42 Å². The first-order valence-corrected chi connectivity index (χ1v) is 13.6. The van der Waals surface area contributed by atoms with Gasteiger partial charge in [-0.15, -0.1) is 0 Å². The van der Waals surface area contributed by atoms with E-state index in [0.717, 1.165) is 50.5 Å². The fraction of sp³-hybridized carbons (Fsp3) is 0.677. The maximum absolute atomic E-state index is 12.5. The molecule has 0 aliphatic heterocycles. The molecule has 4 aliphatic carbocycles. The number of aliphatic hydroxyl groups is 2. The molecule has 0 amide bonds. The minimum Gasteiger partial charge on any atom is -0.389 e. The predicted octanol–water partition coefficient (Wildman–Crippen LogP) is 5.19. The number of aliphatic hydroxyl groups excluding tert-OH is 1. The molecule has 1 aromatic carbocycles. The average Bonchev–Trinajstić information content (AvgIpc) is 3.20. The maximum Gasteiger partial charge on any atom is 0.161 e. The molecule has 2 N–H and O–H groups in total. The Morgan fingerprint density at radius 2 is 1.66 bits per heavy atom. The second-order valence-corrected chi connectivity index (χ2v) is 12.6. The first-order chi connectivity index (χ1) is 16.6. The molecule has 4 heteroatoms. The fourth-order valence-corrected chi connectivity index (χ4v) is 8.97. The zero-order chi connectivity index (χ0) is 25.0. The van der Waals surface area contributed by atoms with E-state index in [1.54, 1.807) is 19.1 Å². The quantitative estimate of drug-likeness (QED) is 0.465. The predicted molar refractivity (Wildman–Crippen MR) is 136 cm³/mol. The monoisotopic (exact) mass is 476 g/mol. The van der Waals surface area contributed by atoms with Crippen LogP contribution in [0.4, 0.5) is 0 Å². The molecular formula is C31H40O4. The van der Waals surface area contributed by atoms with Gasteiger partial charge in [0.2, 0.25) is 0 Å². The molecule has 0 saturated heterocycles. The van der Waals surface area contributed by atoms with Gasteiger partial charge < -0.3 is 10.2 Å². The van der Waals surface area contributed by atoms with Crippen LogP contribution in [0.3, 0.4) is 0 Å². The molecule has 4 nitrogen and oxygen atoms in total. The van der Waals surface area contributed by atoms with Crippen LogP contribution < -0.4 is 0 Å². The van der Waals surface area contributed by atoms with Crippen LogP contribution in [0, 0.1) is 52.3 Å². The second-order valence-electron chi connectivity index (χ2n) is 12.6. The Balaban J connectivity index is 1.31. The molecule has 4 aliphatic rings. The standard InChI is InChI=1S/C31H40O4/c1-20(33)22-6-4-21(5-7-22)12-15-31(35)17-16-29(2)23(18-31)8-9-24-25-10-11-27(28(34)19-32)30(25,3)14-13-26(24)29/h4-7,23-27,32,35H,8-11,13-14,16-19H2,1-3H3/t23-,24-,25-,26-,27+,29-,30-,31+/m0/s1. The molecule has 0 heterocycles. The molecule has 4 saturated carbocycles. The van der Waals surface area contributed by atoms with E-state index in [9.17, 15) is 19.8 Å². The average molecular weight is 477 g/mol. The van der Waals surface area contributed by atoms with E-state index in [1.807, 2.05) is 12.1 Å². The van der Waals surface area contributed by atoms with Crippen molar-refractivity contribution in [2.75, 3.05) is 6.61 Å². The number of hydrogen-bond acceptors (Lipinski definition) is 4. The number of fused-ring (bicyclic) bond motifs is 5. The first-order valence-electron chi connectivity index (χ1n) is 13.6. The minimum atomic E-state index is -0.953. The molecule has 8 atom stereocenters. The van der Waals surface area contributed by atoms with Crippen molar-refractivity contribution in [3.05, 3.63) is 35.4 Å². The number of Topliss-reactive ketones (excluding diaryl/α,β-unsaturated/α-hetero) is 2. The summed E-state index contributed by atoms with van der Waals surface area (Å²) in [7, 11) is 0. The molecule has 0 radical (unpaired) electrons. The van der Waals surface area contributed by atoms with Crippen LogP contribution >= 0.6 is 0 Å². The van der Waals surface area contributed by atoms with E-state index in [2.05, 4.69) is 25.7 Å². The highest BCUT2D eigenvalue weighted by Crippen LogP contribution is 2.68. The third kappa shape index (κ3) is 4.09. The summed E-state index contributed by atoms with van der Waals surface area (Å²) >= 11 is 0. The molecule has 35 heavy (non-hydrogen) atoms. The Kier molecular flexibility index (Phi) is 6.26. The van der Waals surface area contributed by atoms with Gasteiger partial charge in [0.25, 0.3) is 0 Å². The van der Waals surface area contributed by atoms with Crippen molar-refractivity contribution in [2.24, 2.45) is 40.4 Å². The molecule has 0 aromatic heterocycles. The largest absolute Gasteiger partial charge is 0.389 e. The lowest BCUT2D eigenvalue weighted by atomic mass is 9.44. The van der Waals surface area contributed by atoms with Crippen LogP contribution in [0.1, 0.15) is 94.5 Å². The van der Waals surface area contributed by atoms with Crippen LogP contribution in [-0.2, 0) is 4.79 Å². The van der Waals surface area contributed by atoms with Crippen LogP contribution in [0.25, 0.3) is 0 Å². The fourth-order valence-electron chi connectivity index (χ4n) is 8.97. The lowest BCUT2D eigenvalue weighted by Gasteiger charge is -2.61. The Morgan fingerprint density at radius 3 is 2.34 bits per heavy atom. The molecule has 0 bridgehead atoms. The zero-order valence-corrected chi connectivity index (χ0v) is 21.5. The van der Waals surface area contributed by atoms with E-state index in [4.69, 9.17) is 0 Å². The normalized spacial score (nSPS) is 42.1. The van der Waals surface area contributed by atoms with Gasteiger partial charge in [0.1, 0.15) is 12.2 Å². The van der Waals surface area contributed by atoms with Gasteiger partial charge in [-0.2, -0.15) is 0 Å². The molecule has 1 aromatic rings. The molecular weight excluding hydrogens is 436 g/mol. The van der Waals surface area contributed by atoms with Gasteiger partial charge in [-0.25, -0.2) is 0 Å². The third-order valence-corrected chi connectivity index (χ3v) is 11.0. The van der Waals surface area contributed by atoms with Crippen LogP contribution in [0.2, 0.25) is 0 Å². The highest BCUT2D eigenvalue weighted by Gasteiger charge is 2.61.